The molecule has 0 N–H and O–H groups in total. The van der Waals surface area contributed by atoms with Gasteiger partial charge in [0.05, 0.1) is 27.9 Å². The van der Waals surface area contributed by atoms with Crippen molar-refractivity contribution in [2.24, 2.45) is 5.41 Å². The Morgan fingerprint density at radius 2 is 1.82 bits per heavy atom. The Morgan fingerprint density at radius 3 is 2.18 bits per heavy atom. The molecule has 1 amide bonds. The van der Waals surface area contributed by atoms with Crippen LogP contribution < -0.4 is 4.90 Å². The van der Waals surface area contributed by atoms with E-state index >= 15 is 0 Å². The van der Waals surface area contributed by atoms with Crippen molar-refractivity contribution < 1.29 is 18.0 Å². The summed E-state index contributed by atoms with van der Waals surface area (Å²) in [7, 11) is 0. The van der Waals surface area contributed by atoms with Gasteiger partial charge in [-0.05, 0) is 25.1 Å². The molecule has 1 rings (SSSR count). The van der Waals surface area contributed by atoms with Crippen molar-refractivity contribution in [1.29, 1.82) is 5.26 Å². The number of hydrogen-bond acceptors (Lipinski definition) is 3. The Labute approximate surface area is 132 Å². The number of nitrogens with zero attached hydrogens (tertiary/aromatic N) is 2. The first-order valence-corrected chi connectivity index (χ1v) is 6.77. The van der Waals surface area contributed by atoms with E-state index in [0.717, 1.165) is 17.0 Å². The van der Waals surface area contributed by atoms with Gasteiger partial charge in [0.25, 0.3) is 0 Å². The third kappa shape index (κ3) is 3.83. The standard InChI is InChI=1S/C15H15F3N2OS/c1-9(22)20(13(21)14(2,3)4)11-6-5-10(8-19)12(7-11)15(16,17)18/h5-7H,1-4H3. The molecule has 1 aromatic rings. The van der Waals surface area contributed by atoms with Gasteiger partial charge >= 0.3 is 6.18 Å². The van der Waals surface area contributed by atoms with Crippen molar-refractivity contribution in [2.75, 3.05) is 4.90 Å². The summed E-state index contributed by atoms with van der Waals surface area (Å²) >= 11 is 5.00. The number of benzene rings is 1. The van der Waals surface area contributed by atoms with Crippen molar-refractivity contribution in [3.63, 3.8) is 0 Å². The average Bonchev–Trinajstić information content (AvgIpc) is 2.36. The van der Waals surface area contributed by atoms with Crippen LogP contribution in [0.2, 0.25) is 0 Å². The first-order valence-electron chi connectivity index (χ1n) is 6.36. The highest BCUT2D eigenvalue weighted by Gasteiger charge is 2.36. The van der Waals surface area contributed by atoms with E-state index in [1.54, 1.807) is 20.8 Å². The predicted octanol–water partition coefficient (Wildman–Crippen LogP) is 4.30. The molecule has 22 heavy (non-hydrogen) atoms. The molecular formula is C15H15F3N2OS. The van der Waals surface area contributed by atoms with Crippen LogP contribution in [0.1, 0.15) is 38.8 Å². The van der Waals surface area contributed by atoms with Gasteiger partial charge in [-0.3, -0.25) is 9.69 Å². The van der Waals surface area contributed by atoms with Gasteiger partial charge in [-0.25, -0.2) is 0 Å². The molecule has 7 heteroatoms. The summed E-state index contributed by atoms with van der Waals surface area (Å²) in [6.07, 6.45) is -4.69. The number of thiocarbonyl (C=S) groups is 1. The van der Waals surface area contributed by atoms with Crippen molar-refractivity contribution in [3.8, 4) is 6.07 Å². The second-order valence-electron chi connectivity index (χ2n) is 5.75. The average molecular weight is 328 g/mol. The quantitative estimate of drug-likeness (QED) is 0.722. The van der Waals surface area contributed by atoms with E-state index in [4.69, 9.17) is 17.5 Å². The predicted molar refractivity (Wildman–Crippen MR) is 81.4 cm³/mol. The molecule has 0 aliphatic heterocycles. The summed E-state index contributed by atoms with van der Waals surface area (Å²) in [5.41, 5.74) is -2.40. The van der Waals surface area contributed by atoms with E-state index < -0.39 is 28.6 Å². The van der Waals surface area contributed by atoms with Crippen LogP contribution in [0.3, 0.4) is 0 Å². The minimum absolute atomic E-state index is 0.00116. The molecule has 0 bridgehead atoms. The van der Waals surface area contributed by atoms with Crippen LogP contribution in [0.4, 0.5) is 18.9 Å². The van der Waals surface area contributed by atoms with E-state index in [0.29, 0.717) is 0 Å². The molecule has 0 aromatic heterocycles. The van der Waals surface area contributed by atoms with Gasteiger partial charge in [0.1, 0.15) is 0 Å². The molecule has 0 saturated carbocycles. The molecule has 0 atom stereocenters. The van der Waals surface area contributed by atoms with Gasteiger partial charge in [0.15, 0.2) is 0 Å². The van der Waals surface area contributed by atoms with E-state index in [-0.39, 0.29) is 10.7 Å². The van der Waals surface area contributed by atoms with Crippen LogP contribution >= 0.6 is 12.2 Å². The second-order valence-corrected chi connectivity index (χ2v) is 6.34. The third-order valence-corrected chi connectivity index (χ3v) is 3.03. The summed E-state index contributed by atoms with van der Waals surface area (Å²) in [6.45, 7) is 6.41. The molecule has 0 unspecified atom stereocenters. The molecule has 0 heterocycles. The second kappa shape index (κ2) is 6.05. The SMILES string of the molecule is CC(=S)N(C(=O)C(C)(C)C)c1ccc(C#N)c(C(F)(F)F)c1. The van der Waals surface area contributed by atoms with Crippen molar-refractivity contribution in [3.05, 3.63) is 29.3 Å². The molecular weight excluding hydrogens is 313 g/mol. The van der Waals surface area contributed by atoms with Crippen molar-refractivity contribution in [2.45, 2.75) is 33.9 Å². The number of nitriles is 1. The van der Waals surface area contributed by atoms with Gasteiger partial charge in [-0.1, -0.05) is 33.0 Å². The van der Waals surface area contributed by atoms with Gasteiger partial charge in [0, 0.05) is 5.41 Å². The topological polar surface area (TPSA) is 44.1 Å². The zero-order valence-corrected chi connectivity index (χ0v) is 13.4. The zero-order valence-electron chi connectivity index (χ0n) is 12.6. The highest BCUT2D eigenvalue weighted by atomic mass is 32.1. The summed E-state index contributed by atoms with van der Waals surface area (Å²) in [5.74, 6) is -0.419. The Kier molecular flexibility index (Phi) is 4.98. The van der Waals surface area contributed by atoms with Gasteiger partial charge < -0.3 is 0 Å². The lowest BCUT2D eigenvalue weighted by Crippen LogP contribution is -2.42. The number of hydrogen-bond donors (Lipinski definition) is 0. The lowest BCUT2D eigenvalue weighted by atomic mass is 9.94. The molecule has 118 valence electrons. The maximum Gasteiger partial charge on any atom is 0.417 e. The van der Waals surface area contributed by atoms with Crippen LogP contribution in [0.15, 0.2) is 18.2 Å². The minimum Gasteiger partial charge on any atom is -0.275 e. The number of amides is 1. The summed E-state index contributed by atoms with van der Waals surface area (Å²) in [6, 6.07) is 4.60. The highest BCUT2D eigenvalue weighted by molar-refractivity contribution is 7.80. The van der Waals surface area contributed by atoms with Crippen LogP contribution in [0.5, 0.6) is 0 Å². The number of carbonyl (C=O) groups is 1. The molecule has 0 radical (unpaired) electrons. The monoisotopic (exact) mass is 328 g/mol. The number of carbonyl (C=O) groups excluding carboxylic acids is 1. The van der Waals surface area contributed by atoms with Crippen LogP contribution in [0, 0.1) is 16.7 Å². The number of anilines is 1. The summed E-state index contributed by atoms with van der Waals surface area (Å²) in [5, 5.41) is 8.80. The molecule has 0 aliphatic carbocycles. The molecule has 0 fully saturated rings. The zero-order chi connectivity index (χ0) is 17.3. The number of rotatable bonds is 1. The number of halogens is 3. The normalized spacial score (nSPS) is 11.7. The molecule has 3 nitrogen and oxygen atoms in total. The Morgan fingerprint density at radius 1 is 1.27 bits per heavy atom. The Bertz CT molecular complexity index is 654. The summed E-state index contributed by atoms with van der Waals surface area (Å²) < 4.78 is 39.1. The first kappa shape index (κ1) is 18.1. The van der Waals surface area contributed by atoms with E-state index in [1.165, 1.54) is 19.1 Å². The fourth-order valence-corrected chi connectivity index (χ4v) is 1.97. The van der Waals surface area contributed by atoms with Crippen LogP contribution in [-0.4, -0.2) is 10.9 Å². The highest BCUT2D eigenvalue weighted by Crippen LogP contribution is 2.35. The molecule has 0 spiro atoms. The smallest absolute Gasteiger partial charge is 0.275 e. The Hall–Kier alpha value is -1.94. The van der Waals surface area contributed by atoms with Crippen LogP contribution in [0.25, 0.3) is 0 Å². The lowest BCUT2D eigenvalue weighted by molar-refractivity contribution is -0.137. The van der Waals surface area contributed by atoms with Gasteiger partial charge in [-0.15, -0.1) is 0 Å². The van der Waals surface area contributed by atoms with Crippen molar-refractivity contribution in [1.82, 2.24) is 0 Å². The largest absolute Gasteiger partial charge is 0.417 e. The Balaban J connectivity index is 3.50. The lowest BCUT2D eigenvalue weighted by Gasteiger charge is -2.29. The molecule has 0 saturated heterocycles. The van der Waals surface area contributed by atoms with Crippen LogP contribution in [-0.2, 0) is 11.0 Å². The fourth-order valence-electron chi connectivity index (χ4n) is 1.78. The van der Waals surface area contributed by atoms with E-state index in [9.17, 15) is 18.0 Å². The number of alkyl halides is 3. The van der Waals surface area contributed by atoms with Gasteiger partial charge in [0.2, 0.25) is 5.91 Å². The van der Waals surface area contributed by atoms with Crippen molar-refractivity contribution >= 4 is 28.8 Å². The molecule has 1 aromatic carbocycles. The summed E-state index contributed by atoms with van der Waals surface area (Å²) in [4.78, 5) is 13.6. The first-order chi connectivity index (χ1) is 9.89. The maximum absolute atomic E-state index is 13.0. The fraction of sp³-hybridized carbons (Fsp3) is 0.400. The molecule has 0 aliphatic rings. The van der Waals surface area contributed by atoms with Gasteiger partial charge in [-0.2, -0.15) is 18.4 Å². The third-order valence-electron chi connectivity index (χ3n) is 2.85. The van der Waals surface area contributed by atoms with E-state index in [2.05, 4.69) is 0 Å². The maximum atomic E-state index is 13.0. The minimum atomic E-state index is -4.69. The van der Waals surface area contributed by atoms with E-state index in [1.807, 2.05) is 0 Å².